The van der Waals surface area contributed by atoms with Crippen molar-refractivity contribution >= 4 is 29.2 Å². The van der Waals surface area contributed by atoms with Crippen LogP contribution in [0, 0.1) is 0 Å². The molecule has 0 unspecified atom stereocenters. The van der Waals surface area contributed by atoms with Crippen molar-refractivity contribution in [2.45, 2.75) is 26.2 Å². The Morgan fingerprint density at radius 1 is 0.929 bits per heavy atom. The number of benzene rings is 2. The largest absolute Gasteiger partial charge is 0.497 e. The fourth-order valence-corrected chi connectivity index (χ4v) is 2.49. The van der Waals surface area contributed by atoms with Gasteiger partial charge in [-0.1, -0.05) is 31.2 Å². The molecule has 0 bridgehead atoms. The number of hydrogen-bond acceptors (Lipinski definition) is 5. The molecule has 2 aromatic carbocycles. The lowest BCUT2D eigenvalue weighted by Gasteiger charge is -2.10. The third-order valence-corrected chi connectivity index (χ3v) is 3.95. The van der Waals surface area contributed by atoms with Crippen LogP contribution in [-0.4, -0.2) is 31.5 Å². The van der Waals surface area contributed by atoms with Crippen molar-refractivity contribution < 1.29 is 23.9 Å². The number of methoxy groups -OCH3 is 1. The molecule has 0 aromatic heterocycles. The minimum atomic E-state index is -0.611. The number of ether oxygens (including phenoxy) is 2. The van der Waals surface area contributed by atoms with E-state index in [-0.39, 0.29) is 18.7 Å². The molecule has 0 aliphatic heterocycles. The van der Waals surface area contributed by atoms with Crippen molar-refractivity contribution in [2.75, 3.05) is 24.4 Å². The van der Waals surface area contributed by atoms with Crippen LogP contribution in [0.25, 0.3) is 0 Å². The Labute approximate surface area is 164 Å². The number of aryl methyl sites for hydroxylation is 1. The van der Waals surface area contributed by atoms with E-state index >= 15 is 0 Å². The quantitative estimate of drug-likeness (QED) is 0.648. The van der Waals surface area contributed by atoms with Crippen LogP contribution in [0.1, 0.15) is 25.3 Å². The van der Waals surface area contributed by atoms with Gasteiger partial charge in [-0.05, 0) is 30.2 Å². The van der Waals surface area contributed by atoms with Gasteiger partial charge in [0, 0.05) is 23.9 Å². The first-order valence-corrected chi connectivity index (χ1v) is 8.99. The van der Waals surface area contributed by atoms with Crippen LogP contribution in [0.15, 0.2) is 48.5 Å². The molecule has 2 N–H and O–H groups in total. The highest BCUT2D eigenvalue weighted by Gasteiger charge is 2.12. The van der Waals surface area contributed by atoms with Gasteiger partial charge in [-0.3, -0.25) is 14.4 Å². The SMILES string of the molecule is CCc1ccccc1NC(=O)CCC(=O)OCC(=O)Nc1cccc(OC)c1. The second-order valence-corrected chi connectivity index (χ2v) is 6.00. The second-order valence-electron chi connectivity index (χ2n) is 6.00. The molecule has 0 saturated carbocycles. The molecule has 0 radical (unpaired) electrons. The summed E-state index contributed by atoms with van der Waals surface area (Å²) in [6, 6.07) is 14.3. The number of esters is 1. The number of anilines is 2. The number of amides is 2. The molecule has 7 heteroatoms. The maximum Gasteiger partial charge on any atom is 0.306 e. The van der Waals surface area contributed by atoms with Crippen LogP contribution >= 0.6 is 0 Å². The predicted octanol–water partition coefficient (Wildman–Crippen LogP) is 3.16. The summed E-state index contributed by atoms with van der Waals surface area (Å²) in [6.45, 7) is 1.58. The van der Waals surface area contributed by atoms with E-state index < -0.39 is 18.5 Å². The number of hydrogen-bond donors (Lipinski definition) is 2. The van der Waals surface area contributed by atoms with Crippen molar-refractivity contribution in [3.8, 4) is 5.75 Å². The molecule has 0 saturated heterocycles. The van der Waals surface area contributed by atoms with Crippen LogP contribution in [-0.2, 0) is 25.5 Å². The van der Waals surface area contributed by atoms with Crippen LogP contribution < -0.4 is 15.4 Å². The maximum absolute atomic E-state index is 12.0. The average Bonchev–Trinajstić information content (AvgIpc) is 2.71. The van der Waals surface area contributed by atoms with Crippen molar-refractivity contribution in [3.05, 3.63) is 54.1 Å². The molecular formula is C21H24N2O5. The van der Waals surface area contributed by atoms with E-state index in [1.165, 1.54) is 7.11 Å². The zero-order chi connectivity index (χ0) is 20.4. The Bertz CT molecular complexity index is 835. The van der Waals surface area contributed by atoms with Gasteiger partial charge >= 0.3 is 5.97 Å². The van der Waals surface area contributed by atoms with E-state index in [9.17, 15) is 14.4 Å². The van der Waals surface area contributed by atoms with Crippen molar-refractivity contribution in [1.82, 2.24) is 0 Å². The van der Waals surface area contributed by atoms with E-state index in [1.807, 2.05) is 31.2 Å². The summed E-state index contributed by atoms with van der Waals surface area (Å²) in [5, 5.41) is 5.39. The van der Waals surface area contributed by atoms with Gasteiger partial charge in [0.25, 0.3) is 5.91 Å². The first-order valence-electron chi connectivity index (χ1n) is 8.99. The molecule has 0 aliphatic carbocycles. The van der Waals surface area contributed by atoms with Gasteiger partial charge in [0.1, 0.15) is 5.75 Å². The summed E-state index contributed by atoms with van der Waals surface area (Å²) in [4.78, 5) is 35.7. The summed E-state index contributed by atoms with van der Waals surface area (Å²) in [5.41, 5.74) is 2.29. The zero-order valence-corrected chi connectivity index (χ0v) is 16.0. The molecule has 0 fully saturated rings. The van der Waals surface area contributed by atoms with E-state index in [4.69, 9.17) is 9.47 Å². The normalized spacial score (nSPS) is 10.1. The topological polar surface area (TPSA) is 93.7 Å². The van der Waals surface area contributed by atoms with E-state index in [0.29, 0.717) is 11.4 Å². The number of carbonyl (C=O) groups is 3. The molecule has 2 aromatic rings. The third kappa shape index (κ3) is 6.75. The van der Waals surface area contributed by atoms with Crippen molar-refractivity contribution in [2.24, 2.45) is 0 Å². The highest BCUT2D eigenvalue weighted by Crippen LogP contribution is 2.17. The molecule has 0 spiro atoms. The van der Waals surface area contributed by atoms with E-state index in [1.54, 1.807) is 24.3 Å². The van der Waals surface area contributed by atoms with Gasteiger partial charge in [-0.25, -0.2) is 0 Å². The number of rotatable bonds is 9. The second kappa shape index (κ2) is 10.7. The Hall–Kier alpha value is -3.35. The summed E-state index contributed by atoms with van der Waals surface area (Å²) < 4.78 is 9.99. The molecule has 148 valence electrons. The van der Waals surface area contributed by atoms with Crippen LogP contribution in [0.3, 0.4) is 0 Å². The Balaban J connectivity index is 1.71. The lowest BCUT2D eigenvalue weighted by molar-refractivity contribution is -0.147. The van der Waals surface area contributed by atoms with E-state index in [2.05, 4.69) is 10.6 Å². The van der Waals surface area contributed by atoms with Crippen molar-refractivity contribution in [1.29, 1.82) is 0 Å². The maximum atomic E-state index is 12.0. The number of nitrogens with one attached hydrogen (secondary N) is 2. The Morgan fingerprint density at radius 3 is 2.46 bits per heavy atom. The lowest BCUT2D eigenvalue weighted by atomic mass is 10.1. The van der Waals surface area contributed by atoms with Gasteiger partial charge in [0.15, 0.2) is 6.61 Å². The Kier molecular flexibility index (Phi) is 8.02. The fraction of sp³-hybridized carbons (Fsp3) is 0.286. The smallest absolute Gasteiger partial charge is 0.306 e. The van der Waals surface area contributed by atoms with Gasteiger partial charge in [-0.2, -0.15) is 0 Å². The van der Waals surface area contributed by atoms with Crippen LogP contribution in [0.5, 0.6) is 5.75 Å². The number of para-hydroxylation sites is 1. The first-order chi connectivity index (χ1) is 13.5. The van der Waals surface area contributed by atoms with Crippen LogP contribution in [0.4, 0.5) is 11.4 Å². The third-order valence-electron chi connectivity index (χ3n) is 3.95. The molecule has 7 nitrogen and oxygen atoms in total. The minimum Gasteiger partial charge on any atom is -0.497 e. The highest BCUT2D eigenvalue weighted by atomic mass is 16.5. The summed E-state index contributed by atoms with van der Waals surface area (Å²) in [5.74, 6) is -0.758. The fourth-order valence-electron chi connectivity index (χ4n) is 2.49. The summed E-state index contributed by atoms with van der Waals surface area (Å²) >= 11 is 0. The molecule has 0 atom stereocenters. The predicted molar refractivity (Wildman–Crippen MR) is 106 cm³/mol. The number of carbonyl (C=O) groups excluding carboxylic acids is 3. The monoisotopic (exact) mass is 384 g/mol. The zero-order valence-electron chi connectivity index (χ0n) is 16.0. The standard InChI is InChI=1S/C21H24N2O5/c1-3-15-7-4-5-10-18(15)23-19(24)11-12-21(26)28-14-20(25)22-16-8-6-9-17(13-16)27-2/h4-10,13H,3,11-12,14H2,1-2H3,(H,22,25)(H,23,24). The van der Waals surface area contributed by atoms with Gasteiger partial charge in [0.2, 0.25) is 5.91 Å². The summed E-state index contributed by atoms with van der Waals surface area (Å²) in [6.07, 6.45) is 0.668. The van der Waals surface area contributed by atoms with E-state index in [0.717, 1.165) is 17.7 Å². The molecule has 28 heavy (non-hydrogen) atoms. The molecule has 2 amide bonds. The molecule has 0 aliphatic rings. The van der Waals surface area contributed by atoms with Crippen LogP contribution in [0.2, 0.25) is 0 Å². The Morgan fingerprint density at radius 2 is 1.71 bits per heavy atom. The molecule has 2 rings (SSSR count). The van der Waals surface area contributed by atoms with Gasteiger partial charge < -0.3 is 20.1 Å². The minimum absolute atomic E-state index is 0.0195. The summed E-state index contributed by atoms with van der Waals surface area (Å²) in [7, 11) is 1.53. The average molecular weight is 384 g/mol. The van der Waals surface area contributed by atoms with Gasteiger partial charge in [0.05, 0.1) is 13.5 Å². The highest BCUT2D eigenvalue weighted by molar-refractivity contribution is 5.94. The first kappa shape index (κ1) is 21.0. The lowest BCUT2D eigenvalue weighted by Crippen LogP contribution is -2.22. The molecule has 0 heterocycles. The van der Waals surface area contributed by atoms with Gasteiger partial charge in [-0.15, -0.1) is 0 Å². The van der Waals surface area contributed by atoms with Crippen molar-refractivity contribution in [3.63, 3.8) is 0 Å². The molecular weight excluding hydrogens is 360 g/mol.